The number of hydrogen-bond donors (Lipinski definition) is 1. The number of aliphatic hydroxyl groups excluding tert-OH is 1. The Labute approximate surface area is 105 Å². The summed E-state index contributed by atoms with van der Waals surface area (Å²) in [4.78, 5) is 13.6. The molecule has 2 rings (SSSR count). The molecule has 98 valence electrons. The lowest BCUT2D eigenvalue weighted by Crippen LogP contribution is -2.34. The van der Waals surface area contributed by atoms with Gasteiger partial charge in [0.15, 0.2) is 0 Å². The number of ether oxygens (including phenoxy) is 1. The van der Waals surface area contributed by atoms with Crippen LogP contribution in [0.5, 0.6) is 0 Å². The van der Waals surface area contributed by atoms with Crippen LogP contribution < -0.4 is 0 Å². The SMILES string of the molecule is COC(=O)C(c1ccccc1F)N1CC[C@H](O)C1. The van der Waals surface area contributed by atoms with Crippen molar-refractivity contribution in [1.29, 1.82) is 0 Å². The summed E-state index contributed by atoms with van der Waals surface area (Å²) in [7, 11) is 1.28. The molecule has 0 saturated carbocycles. The van der Waals surface area contributed by atoms with Gasteiger partial charge in [-0.3, -0.25) is 4.90 Å². The summed E-state index contributed by atoms with van der Waals surface area (Å²) in [5.41, 5.74) is 0.290. The fourth-order valence-electron chi connectivity index (χ4n) is 2.28. The average molecular weight is 253 g/mol. The van der Waals surface area contributed by atoms with Gasteiger partial charge >= 0.3 is 5.97 Å². The van der Waals surface area contributed by atoms with Crippen LogP contribution in [0.2, 0.25) is 0 Å². The van der Waals surface area contributed by atoms with Gasteiger partial charge in [0.05, 0.1) is 13.2 Å². The number of carbonyl (C=O) groups excluding carboxylic acids is 1. The number of esters is 1. The molecule has 1 fully saturated rings. The molecule has 0 aromatic heterocycles. The second-order valence-corrected chi connectivity index (χ2v) is 4.38. The molecule has 0 spiro atoms. The van der Waals surface area contributed by atoms with Crippen LogP contribution in [-0.4, -0.2) is 42.3 Å². The van der Waals surface area contributed by atoms with Crippen LogP contribution in [0.15, 0.2) is 24.3 Å². The van der Waals surface area contributed by atoms with Gasteiger partial charge in [-0.15, -0.1) is 0 Å². The summed E-state index contributed by atoms with van der Waals surface area (Å²) in [5.74, 6) is -0.941. The summed E-state index contributed by atoms with van der Waals surface area (Å²) in [6.45, 7) is 0.906. The number of β-amino-alcohol motifs (C(OH)–C–C–N with tert-alkyl or cyclic N) is 1. The van der Waals surface area contributed by atoms with E-state index in [-0.39, 0.29) is 0 Å². The normalized spacial score (nSPS) is 21.8. The van der Waals surface area contributed by atoms with Crippen LogP contribution in [0.25, 0.3) is 0 Å². The summed E-state index contributed by atoms with van der Waals surface area (Å²) < 4.78 is 18.5. The Hall–Kier alpha value is -1.46. The molecule has 1 N–H and O–H groups in total. The van der Waals surface area contributed by atoms with Crippen molar-refractivity contribution in [1.82, 2.24) is 4.90 Å². The number of rotatable bonds is 3. The molecule has 0 radical (unpaired) electrons. The minimum absolute atomic E-state index is 0.290. The van der Waals surface area contributed by atoms with E-state index in [4.69, 9.17) is 4.74 Å². The smallest absolute Gasteiger partial charge is 0.327 e. The maximum Gasteiger partial charge on any atom is 0.327 e. The summed E-state index contributed by atoms with van der Waals surface area (Å²) in [5, 5.41) is 9.53. The van der Waals surface area contributed by atoms with E-state index in [1.807, 2.05) is 0 Å². The highest BCUT2D eigenvalue weighted by Crippen LogP contribution is 2.28. The van der Waals surface area contributed by atoms with Crippen molar-refractivity contribution in [3.63, 3.8) is 0 Å². The molecule has 1 unspecified atom stereocenters. The summed E-state index contributed by atoms with van der Waals surface area (Å²) in [6, 6.07) is 5.36. The van der Waals surface area contributed by atoms with E-state index in [0.717, 1.165) is 0 Å². The lowest BCUT2D eigenvalue weighted by atomic mass is 10.1. The van der Waals surface area contributed by atoms with Crippen molar-refractivity contribution in [3.05, 3.63) is 35.6 Å². The number of benzene rings is 1. The van der Waals surface area contributed by atoms with E-state index in [1.165, 1.54) is 13.2 Å². The van der Waals surface area contributed by atoms with E-state index >= 15 is 0 Å². The Bertz CT molecular complexity index is 438. The predicted molar refractivity (Wildman–Crippen MR) is 63.4 cm³/mol. The van der Waals surface area contributed by atoms with Gasteiger partial charge in [0.1, 0.15) is 11.9 Å². The van der Waals surface area contributed by atoms with Crippen molar-refractivity contribution < 1.29 is 19.0 Å². The van der Waals surface area contributed by atoms with E-state index in [0.29, 0.717) is 25.1 Å². The molecule has 0 aliphatic carbocycles. The van der Waals surface area contributed by atoms with Crippen molar-refractivity contribution in [3.8, 4) is 0 Å². The number of likely N-dealkylation sites (tertiary alicyclic amines) is 1. The number of methoxy groups -OCH3 is 1. The van der Waals surface area contributed by atoms with Crippen molar-refractivity contribution in [2.75, 3.05) is 20.2 Å². The first kappa shape index (κ1) is 13.0. The van der Waals surface area contributed by atoms with E-state index in [9.17, 15) is 14.3 Å². The lowest BCUT2D eigenvalue weighted by Gasteiger charge is -2.25. The molecular formula is C13H16FNO3. The van der Waals surface area contributed by atoms with Crippen LogP contribution in [0.3, 0.4) is 0 Å². The molecule has 4 nitrogen and oxygen atoms in total. The Morgan fingerprint density at radius 3 is 2.83 bits per heavy atom. The Balaban J connectivity index is 2.31. The van der Waals surface area contributed by atoms with Gasteiger partial charge in [0.25, 0.3) is 0 Å². The quantitative estimate of drug-likeness (QED) is 0.820. The van der Waals surface area contributed by atoms with E-state index in [2.05, 4.69) is 0 Å². The first-order valence-corrected chi connectivity index (χ1v) is 5.88. The maximum atomic E-state index is 13.8. The second-order valence-electron chi connectivity index (χ2n) is 4.38. The summed E-state index contributed by atoms with van der Waals surface area (Å²) in [6.07, 6.45) is 0.117. The fourth-order valence-corrected chi connectivity index (χ4v) is 2.28. The van der Waals surface area contributed by atoms with Gasteiger partial charge in [0, 0.05) is 18.7 Å². The third kappa shape index (κ3) is 2.52. The van der Waals surface area contributed by atoms with Crippen LogP contribution in [0, 0.1) is 5.82 Å². The van der Waals surface area contributed by atoms with Gasteiger partial charge in [-0.25, -0.2) is 9.18 Å². The molecule has 1 heterocycles. The second kappa shape index (κ2) is 5.46. The van der Waals surface area contributed by atoms with Crippen molar-refractivity contribution in [2.24, 2.45) is 0 Å². The molecule has 1 aromatic rings. The standard InChI is InChI=1S/C13H16FNO3/c1-18-13(17)12(15-7-6-9(16)8-15)10-4-2-3-5-11(10)14/h2-5,9,12,16H,6-8H2,1H3/t9-,12?/m0/s1. The largest absolute Gasteiger partial charge is 0.468 e. The molecule has 1 aromatic carbocycles. The minimum Gasteiger partial charge on any atom is -0.468 e. The molecule has 2 atom stereocenters. The number of halogens is 1. The molecule has 18 heavy (non-hydrogen) atoms. The average Bonchev–Trinajstić information content (AvgIpc) is 2.78. The van der Waals surface area contributed by atoms with Crippen LogP contribution in [0.1, 0.15) is 18.0 Å². The summed E-state index contributed by atoms with van der Waals surface area (Å²) >= 11 is 0. The Kier molecular flexibility index (Phi) is 3.93. The van der Waals surface area contributed by atoms with Crippen molar-refractivity contribution >= 4 is 5.97 Å². The Morgan fingerprint density at radius 2 is 2.28 bits per heavy atom. The minimum atomic E-state index is -0.784. The first-order chi connectivity index (χ1) is 8.63. The first-order valence-electron chi connectivity index (χ1n) is 5.88. The maximum absolute atomic E-state index is 13.8. The van der Waals surface area contributed by atoms with Crippen LogP contribution >= 0.6 is 0 Å². The monoisotopic (exact) mass is 253 g/mol. The molecule has 0 amide bonds. The molecule has 1 aliphatic rings. The predicted octanol–water partition coefficient (Wildman–Crippen LogP) is 1.11. The van der Waals surface area contributed by atoms with Gasteiger partial charge in [0.2, 0.25) is 0 Å². The third-order valence-corrected chi connectivity index (χ3v) is 3.18. The van der Waals surface area contributed by atoms with E-state index in [1.54, 1.807) is 23.1 Å². The third-order valence-electron chi connectivity index (χ3n) is 3.18. The zero-order chi connectivity index (χ0) is 13.1. The highest BCUT2D eigenvalue weighted by Gasteiger charge is 2.35. The van der Waals surface area contributed by atoms with Gasteiger partial charge in [-0.05, 0) is 12.5 Å². The molecule has 1 saturated heterocycles. The highest BCUT2D eigenvalue weighted by atomic mass is 19.1. The van der Waals surface area contributed by atoms with Crippen LogP contribution in [0.4, 0.5) is 4.39 Å². The zero-order valence-electron chi connectivity index (χ0n) is 10.2. The van der Waals surface area contributed by atoms with Gasteiger partial charge in [-0.1, -0.05) is 18.2 Å². The molecule has 0 bridgehead atoms. The fraction of sp³-hybridized carbons (Fsp3) is 0.462. The molecule has 5 heteroatoms. The highest BCUT2D eigenvalue weighted by molar-refractivity contribution is 5.77. The number of aliphatic hydroxyl groups is 1. The lowest BCUT2D eigenvalue weighted by molar-refractivity contribution is -0.147. The van der Waals surface area contributed by atoms with Gasteiger partial charge in [-0.2, -0.15) is 0 Å². The topological polar surface area (TPSA) is 49.8 Å². The Morgan fingerprint density at radius 1 is 1.56 bits per heavy atom. The molecule has 1 aliphatic heterocycles. The molecular weight excluding hydrogens is 237 g/mol. The van der Waals surface area contributed by atoms with E-state index < -0.39 is 23.9 Å². The van der Waals surface area contributed by atoms with Gasteiger partial charge < -0.3 is 9.84 Å². The number of nitrogens with zero attached hydrogens (tertiary/aromatic N) is 1. The van der Waals surface area contributed by atoms with Crippen LogP contribution in [-0.2, 0) is 9.53 Å². The van der Waals surface area contributed by atoms with Crippen molar-refractivity contribution in [2.45, 2.75) is 18.6 Å². The number of hydrogen-bond acceptors (Lipinski definition) is 4. The number of carbonyl (C=O) groups is 1. The zero-order valence-corrected chi connectivity index (χ0v) is 10.2.